The molecular weight excluding hydrogens is 532 g/mol. The smallest absolute Gasteiger partial charge is 0.286 e. The Balaban J connectivity index is 1.39. The zero-order chi connectivity index (χ0) is 27.9. The van der Waals surface area contributed by atoms with E-state index in [0.29, 0.717) is 40.1 Å². The van der Waals surface area contributed by atoms with Crippen molar-refractivity contribution < 1.29 is 4.79 Å². The van der Waals surface area contributed by atoms with Gasteiger partial charge in [0.2, 0.25) is 0 Å². The number of fused-ring (bicyclic) bond motifs is 1. The Hall–Kier alpha value is -4.81. The number of carbonyl (C=O) groups excluding carboxylic acids is 1. The quantitative estimate of drug-likeness (QED) is 0.190. The van der Waals surface area contributed by atoms with Crippen LogP contribution in [0.5, 0.6) is 0 Å². The van der Waals surface area contributed by atoms with E-state index in [2.05, 4.69) is 17.1 Å². The third-order valence-corrected chi connectivity index (χ3v) is 7.78. The molecule has 0 amide bonds. The van der Waals surface area contributed by atoms with Crippen LogP contribution in [0.2, 0.25) is 5.02 Å². The van der Waals surface area contributed by atoms with Crippen molar-refractivity contribution in [3.8, 4) is 33.9 Å². The summed E-state index contributed by atoms with van der Waals surface area (Å²) in [6.07, 6.45) is 4.41. The predicted octanol–water partition coefficient (Wildman–Crippen LogP) is 7.54. The van der Waals surface area contributed by atoms with E-state index < -0.39 is 0 Å². The van der Waals surface area contributed by atoms with Gasteiger partial charge in [-0.15, -0.1) is 0 Å². The predicted molar refractivity (Wildman–Crippen MR) is 162 cm³/mol. The van der Waals surface area contributed by atoms with Crippen molar-refractivity contribution in [2.75, 3.05) is 0 Å². The fourth-order valence-corrected chi connectivity index (χ4v) is 5.26. The van der Waals surface area contributed by atoms with Crippen molar-refractivity contribution in [3.05, 3.63) is 130 Å². The molecule has 0 unspecified atom stereocenters. The molecular formula is C34H25ClN4O2. The molecule has 2 aromatic heterocycles. The fraction of sp³-hybridized carbons (Fsp3) is 0.118. The van der Waals surface area contributed by atoms with Crippen LogP contribution in [0.25, 0.3) is 45.1 Å². The van der Waals surface area contributed by atoms with Gasteiger partial charge in [-0.2, -0.15) is 0 Å². The Morgan fingerprint density at radius 1 is 0.805 bits per heavy atom. The maximum Gasteiger partial charge on any atom is 0.286 e. The average Bonchev–Trinajstić information content (AvgIpc) is 3.73. The molecule has 0 spiro atoms. The van der Waals surface area contributed by atoms with Gasteiger partial charge in [-0.05, 0) is 66.3 Å². The first kappa shape index (κ1) is 25.2. The van der Waals surface area contributed by atoms with Crippen LogP contribution in [0.1, 0.15) is 29.6 Å². The first-order valence-electron chi connectivity index (χ1n) is 13.6. The topological polar surface area (TPSA) is 69.8 Å². The number of benzene rings is 4. The molecule has 1 saturated carbocycles. The highest BCUT2D eigenvalue weighted by molar-refractivity contribution is 6.30. The highest BCUT2D eigenvalue weighted by Gasteiger charge is 2.25. The summed E-state index contributed by atoms with van der Waals surface area (Å²) in [7, 11) is 0. The molecule has 0 bridgehead atoms. The van der Waals surface area contributed by atoms with Crippen molar-refractivity contribution in [2.24, 2.45) is 5.92 Å². The van der Waals surface area contributed by atoms with E-state index in [-0.39, 0.29) is 16.9 Å². The minimum Gasteiger partial charge on any atom is -0.294 e. The summed E-state index contributed by atoms with van der Waals surface area (Å²) >= 11 is 6.16. The Morgan fingerprint density at radius 2 is 1.51 bits per heavy atom. The van der Waals surface area contributed by atoms with Gasteiger partial charge in [0.05, 0.1) is 5.69 Å². The van der Waals surface area contributed by atoms with Crippen LogP contribution < -0.4 is 5.56 Å². The number of halogens is 1. The Bertz CT molecular complexity index is 1960. The number of hydrogen-bond acceptors (Lipinski definition) is 4. The number of hydrogen-bond donors (Lipinski definition) is 0. The third-order valence-electron chi connectivity index (χ3n) is 7.52. The van der Waals surface area contributed by atoms with Crippen molar-refractivity contribution in [1.82, 2.24) is 19.1 Å². The SMILES string of the molecule is O=C(CC1CC1)c1cccc(-n2cnc3c(=O)n(-c4ccc(Cl)cc4)c(-c4ccc(-c5ccccc5)cc4)nc32)c1. The van der Waals surface area contributed by atoms with Crippen LogP contribution in [0.15, 0.2) is 114 Å². The summed E-state index contributed by atoms with van der Waals surface area (Å²) in [6.45, 7) is 0. The van der Waals surface area contributed by atoms with Gasteiger partial charge in [0.15, 0.2) is 16.9 Å². The molecule has 1 fully saturated rings. The molecule has 4 aromatic carbocycles. The minimum absolute atomic E-state index is 0.135. The molecule has 7 rings (SSSR count). The van der Waals surface area contributed by atoms with Crippen molar-refractivity contribution in [2.45, 2.75) is 19.3 Å². The van der Waals surface area contributed by atoms with Gasteiger partial charge in [0, 0.05) is 28.3 Å². The maximum atomic E-state index is 14.0. The van der Waals surface area contributed by atoms with Gasteiger partial charge < -0.3 is 0 Å². The molecule has 0 N–H and O–H groups in total. The molecule has 0 aliphatic heterocycles. The summed E-state index contributed by atoms with van der Waals surface area (Å²) in [5.74, 6) is 1.12. The molecule has 6 aromatic rings. The Labute approximate surface area is 241 Å². The molecule has 1 aliphatic rings. The number of aromatic nitrogens is 4. The van der Waals surface area contributed by atoms with E-state index in [0.717, 1.165) is 35.2 Å². The van der Waals surface area contributed by atoms with Crippen LogP contribution >= 0.6 is 11.6 Å². The van der Waals surface area contributed by atoms with Gasteiger partial charge >= 0.3 is 0 Å². The maximum absolute atomic E-state index is 14.0. The molecule has 200 valence electrons. The van der Waals surface area contributed by atoms with E-state index in [4.69, 9.17) is 16.6 Å². The first-order chi connectivity index (χ1) is 20.0. The van der Waals surface area contributed by atoms with Gasteiger partial charge in [-0.25, -0.2) is 9.97 Å². The number of Topliss-reactive ketones (excluding diaryl/α,β-unsaturated/α-hetero) is 1. The van der Waals surface area contributed by atoms with Gasteiger partial charge in [0.1, 0.15) is 12.2 Å². The zero-order valence-corrected chi connectivity index (χ0v) is 22.8. The van der Waals surface area contributed by atoms with E-state index in [1.54, 1.807) is 39.7 Å². The number of carbonyl (C=O) groups is 1. The standard InChI is InChI=1S/C34H25ClN4O2/c35-27-15-17-28(18-16-27)39-32(25-13-11-24(12-14-25)23-5-2-1-3-6-23)37-33-31(34(39)41)36-21-38(33)29-8-4-7-26(20-29)30(40)19-22-9-10-22/h1-8,11-18,20-22H,9-10,19H2. The molecule has 0 saturated heterocycles. The average molecular weight is 557 g/mol. The zero-order valence-electron chi connectivity index (χ0n) is 22.1. The van der Waals surface area contributed by atoms with Crippen molar-refractivity contribution in [3.63, 3.8) is 0 Å². The molecule has 2 heterocycles. The summed E-state index contributed by atoms with van der Waals surface area (Å²) in [6, 6.07) is 32.7. The lowest BCUT2D eigenvalue weighted by molar-refractivity contribution is 0.0976. The third kappa shape index (κ3) is 4.87. The van der Waals surface area contributed by atoms with E-state index in [1.165, 1.54) is 0 Å². The summed E-state index contributed by atoms with van der Waals surface area (Å²) < 4.78 is 3.35. The largest absolute Gasteiger partial charge is 0.294 e. The summed E-state index contributed by atoms with van der Waals surface area (Å²) in [5.41, 5.74) is 5.34. The number of rotatable bonds is 7. The summed E-state index contributed by atoms with van der Waals surface area (Å²) in [5, 5.41) is 0.574. The second-order valence-corrected chi connectivity index (χ2v) is 10.8. The Kier molecular flexibility index (Phi) is 6.33. The lowest BCUT2D eigenvalue weighted by Gasteiger charge is -2.14. The fourth-order valence-electron chi connectivity index (χ4n) is 5.14. The highest BCUT2D eigenvalue weighted by atomic mass is 35.5. The summed E-state index contributed by atoms with van der Waals surface area (Å²) in [4.78, 5) is 36.3. The number of ketones is 1. The first-order valence-corrected chi connectivity index (χ1v) is 14.0. The van der Waals surface area contributed by atoms with Crippen molar-refractivity contribution >= 4 is 28.5 Å². The second kappa shape index (κ2) is 10.3. The van der Waals surface area contributed by atoms with Crippen LogP contribution in [0.3, 0.4) is 0 Å². The normalized spacial score (nSPS) is 13.0. The van der Waals surface area contributed by atoms with Gasteiger partial charge in [-0.1, -0.05) is 78.3 Å². The molecule has 0 radical (unpaired) electrons. The Morgan fingerprint density at radius 3 is 2.24 bits per heavy atom. The second-order valence-electron chi connectivity index (χ2n) is 10.4. The van der Waals surface area contributed by atoms with Crippen molar-refractivity contribution in [1.29, 1.82) is 0 Å². The van der Waals surface area contributed by atoms with E-state index in [1.807, 2.05) is 66.7 Å². The van der Waals surface area contributed by atoms with E-state index >= 15 is 0 Å². The number of imidazole rings is 1. The molecule has 0 atom stereocenters. The van der Waals surface area contributed by atoms with Gasteiger partial charge in [0.25, 0.3) is 5.56 Å². The number of nitrogens with zero attached hydrogens (tertiary/aromatic N) is 4. The molecule has 7 heteroatoms. The highest BCUT2D eigenvalue weighted by Crippen LogP contribution is 2.34. The molecule has 6 nitrogen and oxygen atoms in total. The van der Waals surface area contributed by atoms with Crippen LogP contribution in [-0.4, -0.2) is 24.9 Å². The van der Waals surface area contributed by atoms with Crippen LogP contribution in [-0.2, 0) is 0 Å². The monoisotopic (exact) mass is 556 g/mol. The van der Waals surface area contributed by atoms with E-state index in [9.17, 15) is 9.59 Å². The molecule has 41 heavy (non-hydrogen) atoms. The molecule has 1 aliphatic carbocycles. The minimum atomic E-state index is -0.292. The lowest BCUT2D eigenvalue weighted by Crippen LogP contribution is -2.22. The van der Waals surface area contributed by atoms with Crippen LogP contribution in [0.4, 0.5) is 0 Å². The van der Waals surface area contributed by atoms with Gasteiger partial charge in [-0.3, -0.25) is 18.7 Å². The van der Waals surface area contributed by atoms with Crippen LogP contribution in [0, 0.1) is 5.92 Å². The lowest BCUT2D eigenvalue weighted by atomic mass is 10.0.